The summed E-state index contributed by atoms with van der Waals surface area (Å²) >= 11 is 0. The maximum Gasteiger partial charge on any atom is 0.241 e. The van der Waals surface area contributed by atoms with Gasteiger partial charge < -0.3 is 15.2 Å². The standard InChI is InChI=1S/C11H13NO3/c1-14-9-5-3-8(4-6-11(12)13)7-10(9)15-2/h3-7H,1-2H3,(H2,12,13). The molecule has 0 saturated heterocycles. The van der Waals surface area contributed by atoms with E-state index in [0.717, 1.165) is 5.56 Å². The molecule has 4 nitrogen and oxygen atoms in total. The fourth-order valence-corrected chi connectivity index (χ4v) is 1.13. The molecule has 0 aliphatic rings. The summed E-state index contributed by atoms with van der Waals surface area (Å²) in [7, 11) is 3.12. The zero-order valence-corrected chi connectivity index (χ0v) is 8.69. The van der Waals surface area contributed by atoms with Crippen LogP contribution in [0.3, 0.4) is 0 Å². The monoisotopic (exact) mass is 207 g/mol. The van der Waals surface area contributed by atoms with E-state index in [2.05, 4.69) is 0 Å². The van der Waals surface area contributed by atoms with Crippen molar-refractivity contribution >= 4 is 12.0 Å². The highest BCUT2D eigenvalue weighted by Crippen LogP contribution is 2.27. The molecule has 0 fully saturated rings. The van der Waals surface area contributed by atoms with Gasteiger partial charge >= 0.3 is 0 Å². The predicted octanol–water partition coefficient (Wildman–Crippen LogP) is 1.20. The van der Waals surface area contributed by atoms with Gasteiger partial charge in [-0.05, 0) is 23.8 Å². The fraction of sp³-hybridized carbons (Fsp3) is 0.182. The Morgan fingerprint density at radius 1 is 1.27 bits per heavy atom. The molecule has 0 aromatic heterocycles. The molecule has 0 heterocycles. The second kappa shape index (κ2) is 5.05. The van der Waals surface area contributed by atoms with Crippen molar-refractivity contribution in [3.63, 3.8) is 0 Å². The minimum Gasteiger partial charge on any atom is -0.493 e. The van der Waals surface area contributed by atoms with Crippen LogP contribution >= 0.6 is 0 Å². The van der Waals surface area contributed by atoms with Gasteiger partial charge in [-0.1, -0.05) is 6.07 Å². The van der Waals surface area contributed by atoms with Crippen LogP contribution in [0.5, 0.6) is 11.5 Å². The predicted molar refractivity (Wildman–Crippen MR) is 57.8 cm³/mol. The molecule has 0 saturated carbocycles. The first kappa shape index (κ1) is 11.1. The first-order chi connectivity index (χ1) is 7.17. The van der Waals surface area contributed by atoms with E-state index in [0.29, 0.717) is 11.5 Å². The summed E-state index contributed by atoms with van der Waals surface area (Å²) in [6, 6.07) is 5.33. The molecule has 1 aromatic rings. The van der Waals surface area contributed by atoms with Crippen molar-refractivity contribution in [2.24, 2.45) is 5.73 Å². The molecule has 1 amide bonds. The van der Waals surface area contributed by atoms with E-state index in [1.807, 2.05) is 0 Å². The molecule has 1 aromatic carbocycles. The number of rotatable bonds is 4. The lowest BCUT2D eigenvalue weighted by atomic mass is 10.2. The lowest BCUT2D eigenvalue weighted by Gasteiger charge is -2.07. The first-order valence-corrected chi connectivity index (χ1v) is 4.37. The Morgan fingerprint density at radius 3 is 2.47 bits per heavy atom. The van der Waals surface area contributed by atoms with Crippen molar-refractivity contribution in [3.8, 4) is 11.5 Å². The molecule has 0 atom stereocenters. The largest absolute Gasteiger partial charge is 0.493 e. The number of amides is 1. The number of nitrogens with two attached hydrogens (primary N) is 1. The van der Waals surface area contributed by atoms with Crippen LogP contribution in [0.15, 0.2) is 24.3 Å². The van der Waals surface area contributed by atoms with Crippen LogP contribution in [-0.4, -0.2) is 20.1 Å². The van der Waals surface area contributed by atoms with Gasteiger partial charge in [0.2, 0.25) is 5.91 Å². The third kappa shape index (κ3) is 3.02. The maximum absolute atomic E-state index is 10.5. The SMILES string of the molecule is COc1ccc(C=CC(N)=O)cc1OC. The third-order valence-electron chi connectivity index (χ3n) is 1.85. The number of carbonyl (C=O) groups is 1. The number of primary amides is 1. The Kier molecular flexibility index (Phi) is 3.74. The van der Waals surface area contributed by atoms with Gasteiger partial charge in [-0.3, -0.25) is 4.79 Å². The van der Waals surface area contributed by atoms with E-state index in [1.165, 1.54) is 6.08 Å². The van der Waals surface area contributed by atoms with Crippen LogP contribution in [0.4, 0.5) is 0 Å². The summed E-state index contributed by atoms with van der Waals surface area (Å²) < 4.78 is 10.2. The molecular formula is C11H13NO3. The second-order valence-electron chi connectivity index (χ2n) is 2.85. The Hall–Kier alpha value is -1.97. The van der Waals surface area contributed by atoms with Gasteiger partial charge in [-0.25, -0.2) is 0 Å². The molecule has 0 unspecified atom stereocenters. The van der Waals surface area contributed by atoms with E-state index < -0.39 is 5.91 Å². The van der Waals surface area contributed by atoms with Gasteiger partial charge in [0.05, 0.1) is 14.2 Å². The van der Waals surface area contributed by atoms with E-state index in [-0.39, 0.29) is 0 Å². The molecule has 2 N–H and O–H groups in total. The molecule has 1 rings (SSSR count). The topological polar surface area (TPSA) is 61.5 Å². The highest BCUT2D eigenvalue weighted by atomic mass is 16.5. The molecule has 0 radical (unpaired) electrons. The van der Waals surface area contributed by atoms with Crippen LogP contribution in [0.2, 0.25) is 0 Å². The van der Waals surface area contributed by atoms with Gasteiger partial charge in [0.25, 0.3) is 0 Å². The fourth-order valence-electron chi connectivity index (χ4n) is 1.13. The summed E-state index contributed by atoms with van der Waals surface area (Å²) in [6.07, 6.45) is 2.91. The quantitative estimate of drug-likeness (QED) is 0.754. The Morgan fingerprint density at radius 2 is 1.93 bits per heavy atom. The van der Waals surface area contributed by atoms with E-state index in [4.69, 9.17) is 15.2 Å². The van der Waals surface area contributed by atoms with E-state index in [9.17, 15) is 4.79 Å². The number of hydrogen-bond donors (Lipinski definition) is 1. The number of hydrogen-bond acceptors (Lipinski definition) is 3. The number of methoxy groups -OCH3 is 2. The van der Waals surface area contributed by atoms with E-state index in [1.54, 1.807) is 38.5 Å². The summed E-state index contributed by atoms with van der Waals surface area (Å²) in [5.74, 6) is 0.780. The highest BCUT2D eigenvalue weighted by molar-refractivity contribution is 5.90. The molecule has 80 valence electrons. The van der Waals surface area contributed by atoms with Crippen LogP contribution in [-0.2, 0) is 4.79 Å². The second-order valence-corrected chi connectivity index (χ2v) is 2.85. The average molecular weight is 207 g/mol. The van der Waals surface area contributed by atoms with Crippen molar-refractivity contribution in [2.75, 3.05) is 14.2 Å². The Balaban J connectivity index is 2.97. The minimum atomic E-state index is -0.482. The molecular weight excluding hydrogens is 194 g/mol. The molecule has 0 aliphatic carbocycles. The summed E-state index contributed by atoms with van der Waals surface area (Å²) in [4.78, 5) is 10.5. The van der Waals surface area contributed by atoms with Gasteiger partial charge in [0, 0.05) is 6.08 Å². The first-order valence-electron chi connectivity index (χ1n) is 4.37. The normalized spacial score (nSPS) is 10.3. The average Bonchev–Trinajstić information content (AvgIpc) is 2.25. The number of carbonyl (C=O) groups excluding carboxylic acids is 1. The summed E-state index contributed by atoms with van der Waals surface area (Å²) in [5.41, 5.74) is 5.81. The number of ether oxygens (including phenoxy) is 2. The van der Waals surface area contributed by atoms with Crippen LogP contribution in [0, 0.1) is 0 Å². The zero-order chi connectivity index (χ0) is 11.3. The van der Waals surface area contributed by atoms with E-state index >= 15 is 0 Å². The molecule has 4 heteroatoms. The Bertz CT molecular complexity index is 385. The summed E-state index contributed by atoms with van der Waals surface area (Å²) in [6.45, 7) is 0. The van der Waals surface area contributed by atoms with Crippen LogP contribution < -0.4 is 15.2 Å². The van der Waals surface area contributed by atoms with Crippen molar-refractivity contribution in [3.05, 3.63) is 29.8 Å². The molecule has 15 heavy (non-hydrogen) atoms. The molecule has 0 bridgehead atoms. The van der Waals surface area contributed by atoms with Crippen LogP contribution in [0.25, 0.3) is 6.08 Å². The molecule has 0 aliphatic heterocycles. The van der Waals surface area contributed by atoms with Gasteiger partial charge in [0.1, 0.15) is 0 Å². The third-order valence-corrected chi connectivity index (χ3v) is 1.85. The number of benzene rings is 1. The van der Waals surface area contributed by atoms with Crippen LogP contribution in [0.1, 0.15) is 5.56 Å². The lowest BCUT2D eigenvalue weighted by molar-refractivity contribution is -0.113. The highest BCUT2D eigenvalue weighted by Gasteiger charge is 2.02. The zero-order valence-electron chi connectivity index (χ0n) is 8.69. The molecule has 0 spiro atoms. The smallest absolute Gasteiger partial charge is 0.241 e. The summed E-state index contributed by atoms with van der Waals surface area (Å²) in [5, 5.41) is 0. The van der Waals surface area contributed by atoms with Gasteiger partial charge in [-0.15, -0.1) is 0 Å². The lowest BCUT2D eigenvalue weighted by Crippen LogP contribution is -2.05. The van der Waals surface area contributed by atoms with Crippen molar-refractivity contribution in [2.45, 2.75) is 0 Å². The minimum absolute atomic E-state index is 0.482. The Labute approximate surface area is 88.3 Å². The van der Waals surface area contributed by atoms with Crippen molar-refractivity contribution in [1.29, 1.82) is 0 Å². The van der Waals surface area contributed by atoms with Crippen molar-refractivity contribution < 1.29 is 14.3 Å². The van der Waals surface area contributed by atoms with Crippen molar-refractivity contribution in [1.82, 2.24) is 0 Å². The maximum atomic E-state index is 10.5. The van der Waals surface area contributed by atoms with Gasteiger partial charge in [-0.2, -0.15) is 0 Å². The van der Waals surface area contributed by atoms with Gasteiger partial charge in [0.15, 0.2) is 11.5 Å².